The van der Waals surface area contributed by atoms with Crippen LogP contribution in [0.4, 0.5) is 0 Å². The van der Waals surface area contributed by atoms with Crippen LogP contribution in [-0.2, 0) is 5.41 Å². The highest BCUT2D eigenvalue weighted by atomic mass is 15.0. The maximum absolute atomic E-state index is 4.12. The minimum Gasteiger partial charge on any atom is -0.310 e. The number of aryl methyl sites for hydroxylation is 1. The molecule has 71 heavy (non-hydrogen) atoms. The standard InChI is InChI=1S/C63H50N2.3C2H6/c1-5-8-28-55-41(4)59-57(65(55)47-26-19-25-45(40-47)43-23-15-12-16-24-43)38-35-50-51-36-39-58-60-52-34-37-54-49(48(20-6-2)53(7-3)63(54,61(50)59)62(51)60)27-17-9-10-18-29-56(52)64(58)46-32-30-44(31-33-46)42-21-13-11-14-22-42;3*1-2/h5-6,8-11,13-15,17-40H,1,7,12,16H2,2-4H3;3*1-2H3/b10-9+,17-9?,18-10?,20-6-,27-17-,28-8-,29-18-,49-27?,56-29?;;;. The lowest BCUT2D eigenvalue weighted by Crippen LogP contribution is -2.28. The van der Waals surface area contributed by atoms with Crippen LogP contribution < -0.4 is 0 Å². The Morgan fingerprint density at radius 2 is 1.30 bits per heavy atom. The molecular weight excluding hydrogens is 857 g/mol. The van der Waals surface area contributed by atoms with E-state index in [1.807, 2.05) is 47.6 Å². The van der Waals surface area contributed by atoms with E-state index in [-0.39, 0.29) is 0 Å². The van der Waals surface area contributed by atoms with Gasteiger partial charge in [-0.25, -0.2) is 0 Å². The van der Waals surface area contributed by atoms with Crippen LogP contribution in [0.2, 0.25) is 0 Å². The number of hydrogen-bond acceptors (Lipinski definition) is 0. The maximum Gasteiger partial charge on any atom is 0.0701 e. The predicted octanol–water partition coefficient (Wildman–Crippen LogP) is 19.6. The molecule has 1 spiro atoms. The summed E-state index contributed by atoms with van der Waals surface area (Å²) in [6.45, 7) is 23.0. The Morgan fingerprint density at radius 3 is 1.97 bits per heavy atom. The SMILES string of the molecule is C=C/C=C\c1c(C)c2c3c(ccc2n1-c1cccc(C2=CCCC=C2)c1)-c1ccc2c4c5c(n2-c2ccc(-c6ccccc6)cc2)\C=C/C=C/C=C\C2=C(C=C5)C3(C(CC)=C2/C=C\C)c14.CC.CC.CC. The van der Waals surface area contributed by atoms with Gasteiger partial charge in [0.25, 0.3) is 0 Å². The molecule has 0 amide bonds. The fraction of sp³-hybridized carbons (Fsp3) is 0.188. The molecule has 1 atom stereocenters. The Bertz CT molecular complexity index is 3510. The minimum absolute atomic E-state index is 0.549. The molecule has 0 aliphatic heterocycles. The Balaban J connectivity index is 0.00000100. The van der Waals surface area contributed by atoms with E-state index in [4.69, 9.17) is 0 Å². The molecule has 0 fully saturated rings. The summed E-state index contributed by atoms with van der Waals surface area (Å²) in [4.78, 5) is 0. The molecule has 2 aromatic heterocycles. The van der Waals surface area contributed by atoms with Gasteiger partial charge in [0.15, 0.2) is 0 Å². The Labute approximate surface area is 423 Å². The number of fused-ring (bicyclic) bond motifs is 4. The van der Waals surface area contributed by atoms with Crippen LogP contribution in [0.5, 0.6) is 0 Å². The molecule has 2 nitrogen and oxygen atoms in total. The summed E-state index contributed by atoms with van der Waals surface area (Å²) in [7, 11) is 0. The van der Waals surface area contributed by atoms with E-state index < -0.39 is 5.41 Å². The third-order valence-electron chi connectivity index (χ3n) is 14.4. The first-order valence-electron chi connectivity index (χ1n) is 26.2. The summed E-state index contributed by atoms with van der Waals surface area (Å²) < 4.78 is 5.00. The number of rotatable bonds is 8. The van der Waals surface area contributed by atoms with Crippen LogP contribution in [0.25, 0.3) is 79.2 Å². The average Bonchev–Trinajstić information content (AvgIpc) is 4.07. The largest absolute Gasteiger partial charge is 0.310 e. The van der Waals surface area contributed by atoms with Crippen LogP contribution >= 0.6 is 0 Å². The molecular formula is C69H68N2. The molecule has 1 unspecified atom stereocenters. The highest BCUT2D eigenvalue weighted by Crippen LogP contribution is 2.67. The van der Waals surface area contributed by atoms with Crippen molar-refractivity contribution in [3.05, 3.63) is 250 Å². The quantitative estimate of drug-likeness (QED) is 0.134. The summed E-state index contributed by atoms with van der Waals surface area (Å²) in [6, 6.07) is 38.6. The van der Waals surface area contributed by atoms with Crippen LogP contribution in [0.1, 0.15) is 114 Å². The molecule has 0 N–H and O–H groups in total. The Morgan fingerprint density at radius 1 is 0.620 bits per heavy atom. The third-order valence-corrected chi connectivity index (χ3v) is 14.4. The zero-order valence-corrected chi connectivity index (χ0v) is 43.3. The van der Waals surface area contributed by atoms with E-state index in [1.165, 1.54) is 111 Å². The first kappa shape index (κ1) is 48.3. The van der Waals surface area contributed by atoms with Gasteiger partial charge in [-0.15, -0.1) is 0 Å². The van der Waals surface area contributed by atoms with Crippen molar-refractivity contribution in [2.75, 3.05) is 0 Å². The van der Waals surface area contributed by atoms with Crippen molar-refractivity contribution in [3.63, 3.8) is 0 Å². The first-order valence-corrected chi connectivity index (χ1v) is 26.2. The Hall–Kier alpha value is -7.68. The van der Waals surface area contributed by atoms with E-state index >= 15 is 0 Å². The summed E-state index contributed by atoms with van der Waals surface area (Å²) in [5.74, 6) is 0. The zero-order chi connectivity index (χ0) is 49.8. The molecule has 5 aliphatic carbocycles. The number of benzene rings is 5. The Kier molecular flexibility index (Phi) is 14.1. The molecule has 5 aromatic carbocycles. The lowest BCUT2D eigenvalue weighted by atomic mass is 9.66. The summed E-state index contributed by atoms with van der Waals surface area (Å²) in [6.07, 6.45) is 39.3. The van der Waals surface area contributed by atoms with Crippen molar-refractivity contribution in [3.8, 4) is 33.6 Å². The van der Waals surface area contributed by atoms with Crippen LogP contribution in [0.15, 0.2) is 211 Å². The second-order valence-electron chi connectivity index (χ2n) is 17.7. The van der Waals surface area contributed by atoms with E-state index in [9.17, 15) is 0 Å². The average molecular weight is 925 g/mol. The molecule has 354 valence electrons. The lowest BCUT2D eigenvalue weighted by molar-refractivity contribution is 0.737. The van der Waals surface area contributed by atoms with E-state index in [1.54, 1.807) is 0 Å². The van der Waals surface area contributed by atoms with Gasteiger partial charge in [0.05, 0.1) is 22.1 Å². The highest BCUT2D eigenvalue weighted by molar-refractivity contribution is 6.12. The summed E-state index contributed by atoms with van der Waals surface area (Å²) in [5, 5.41) is 2.65. The van der Waals surface area contributed by atoms with Crippen molar-refractivity contribution in [2.45, 2.75) is 87.0 Å². The fourth-order valence-electron chi connectivity index (χ4n) is 11.9. The van der Waals surface area contributed by atoms with Gasteiger partial charge in [0, 0.05) is 33.4 Å². The van der Waals surface area contributed by atoms with Gasteiger partial charge in [-0.05, 0) is 154 Å². The second-order valence-corrected chi connectivity index (χ2v) is 17.7. The fourth-order valence-corrected chi connectivity index (χ4v) is 11.9. The molecule has 0 radical (unpaired) electrons. The zero-order valence-electron chi connectivity index (χ0n) is 43.3. The molecule has 7 aromatic rings. The number of nitrogens with zero attached hydrogens (tertiary/aromatic N) is 2. The van der Waals surface area contributed by atoms with Gasteiger partial charge in [0.1, 0.15) is 0 Å². The van der Waals surface area contributed by atoms with E-state index in [0.717, 1.165) is 30.6 Å². The van der Waals surface area contributed by atoms with Crippen LogP contribution in [-0.4, -0.2) is 9.13 Å². The predicted molar refractivity (Wildman–Crippen MR) is 312 cm³/mol. The van der Waals surface area contributed by atoms with E-state index in [0.29, 0.717) is 0 Å². The topological polar surface area (TPSA) is 9.86 Å². The van der Waals surface area contributed by atoms with Crippen molar-refractivity contribution in [1.82, 2.24) is 9.13 Å². The first-order chi connectivity index (χ1) is 35.1. The summed E-state index contributed by atoms with van der Waals surface area (Å²) in [5.41, 5.74) is 24.9. The molecule has 0 saturated heterocycles. The van der Waals surface area contributed by atoms with Gasteiger partial charge < -0.3 is 9.13 Å². The number of allylic oxidation sites excluding steroid dienone is 18. The van der Waals surface area contributed by atoms with Gasteiger partial charge in [0.2, 0.25) is 0 Å². The van der Waals surface area contributed by atoms with Crippen LogP contribution in [0, 0.1) is 6.92 Å². The van der Waals surface area contributed by atoms with Crippen molar-refractivity contribution < 1.29 is 0 Å². The van der Waals surface area contributed by atoms with E-state index in [2.05, 4.69) is 231 Å². The van der Waals surface area contributed by atoms with Crippen molar-refractivity contribution in [2.24, 2.45) is 0 Å². The molecule has 2 heteroatoms. The lowest BCUT2D eigenvalue weighted by Gasteiger charge is -2.34. The second kappa shape index (κ2) is 20.7. The normalized spacial score (nSPS) is 18.1. The van der Waals surface area contributed by atoms with Gasteiger partial charge in [-0.1, -0.05) is 207 Å². The van der Waals surface area contributed by atoms with Gasteiger partial charge >= 0.3 is 0 Å². The number of hydrogen-bond donors (Lipinski definition) is 0. The molecule has 2 bridgehead atoms. The molecule has 2 heterocycles. The number of aromatic nitrogens is 2. The smallest absolute Gasteiger partial charge is 0.0701 e. The van der Waals surface area contributed by atoms with Crippen molar-refractivity contribution in [1.29, 1.82) is 0 Å². The van der Waals surface area contributed by atoms with Gasteiger partial charge in [-0.2, -0.15) is 0 Å². The highest BCUT2D eigenvalue weighted by Gasteiger charge is 2.55. The molecule has 12 rings (SSSR count). The monoisotopic (exact) mass is 925 g/mol. The maximum atomic E-state index is 4.12. The third kappa shape index (κ3) is 7.55. The minimum atomic E-state index is -0.549. The van der Waals surface area contributed by atoms with Gasteiger partial charge in [-0.3, -0.25) is 0 Å². The van der Waals surface area contributed by atoms with Crippen LogP contribution in [0.3, 0.4) is 0 Å². The molecule has 5 aliphatic rings. The molecule has 0 saturated carbocycles. The summed E-state index contributed by atoms with van der Waals surface area (Å²) >= 11 is 0. The van der Waals surface area contributed by atoms with Crippen molar-refractivity contribution >= 4 is 45.6 Å².